The zero-order chi connectivity index (χ0) is 19.3. The quantitative estimate of drug-likeness (QED) is 0.782. The topological polar surface area (TPSA) is 107 Å². The molecule has 140 valence electrons. The molecule has 9 nitrogen and oxygen atoms in total. The number of rotatable bonds is 3. The standard InChI is InChI=1S/C18H11ClN4O5/c19-10-3-1-2-9(4-10)16-21-15(28-22-16)7-23-17(24)11-5-13-14(27-8-26-13)6-12(11)20-18(23)25/h1-6,11H,7-8H2. The van der Waals surface area contributed by atoms with Gasteiger partial charge in [0.15, 0.2) is 11.5 Å². The first kappa shape index (κ1) is 16.7. The number of carbonyl (C=O) groups is 2. The van der Waals surface area contributed by atoms with Gasteiger partial charge in [0.2, 0.25) is 24.4 Å². The van der Waals surface area contributed by atoms with Crippen LogP contribution < -0.4 is 0 Å². The summed E-state index contributed by atoms with van der Waals surface area (Å²) in [7, 11) is 0. The van der Waals surface area contributed by atoms with Gasteiger partial charge in [0.1, 0.15) is 12.5 Å². The fourth-order valence-corrected chi connectivity index (χ4v) is 3.27. The van der Waals surface area contributed by atoms with Gasteiger partial charge in [-0.2, -0.15) is 9.98 Å². The van der Waals surface area contributed by atoms with Gasteiger partial charge in [0.05, 0.1) is 5.71 Å². The van der Waals surface area contributed by atoms with E-state index in [1.807, 2.05) is 0 Å². The maximum absolute atomic E-state index is 12.8. The lowest BCUT2D eigenvalue weighted by atomic mass is 9.94. The van der Waals surface area contributed by atoms with Crippen LogP contribution in [0.15, 0.2) is 57.5 Å². The van der Waals surface area contributed by atoms with E-state index in [2.05, 4.69) is 15.1 Å². The molecular weight excluding hydrogens is 388 g/mol. The highest BCUT2D eigenvalue weighted by Gasteiger charge is 2.40. The molecule has 1 saturated heterocycles. The summed E-state index contributed by atoms with van der Waals surface area (Å²) in [6.45, 7) is -0.118. The molecule has 2 aromatic rings. The van der Waals surface area contributed by atoms with E-state index in [4.69, 9.17) is 25.6 Å². The number of nitrogens with zero attached hydrogens (tertiary/aromatic N) is 4. The molecule has 0 bridgehead atoms. The van der Waals surface area contributed by atoms with Crippen molar-refractivity contribution < 1.29 is 23.6 Å². The van der Waals surface area contributed by atoms with Gasteiger partial charge >= 0.3 is 6.03 Å². The SMILES string of the molecule is O=C1N=C2C=C3OCOC3=CC2C(=O)N1Cc1nc(-c2cccc(Cl)c2)no1. The molecule has 0 saturated carbocycles. The molecule has 1 fully saturated rings. The number of carbonyl (C=O) groups excluding carboxylic acids is 2. The van der Waals surface area contributed by atoms with Crippen LogP contribution in [0.1, 0.15) is 5.89 Å². The Kier molecular flexibility index (Phi) is 3.76. The Morgan fingerprint density at radius 1 is 1.21 bits per heavy atom. The Hall–Kier alpha value is -3.46. The van der Waals surface area contributed by atoms with Crippen molar-refractivity contribution in [3.63, 3.8) is 0 Å². The lowest BCUT2D eigenvalue weighted by molar-refractivity contribution is -0.130. The van der Waals surface area contributed by atoms with Crippen molar-refractivity contribution >= 4 is 29.3 Å². The van der Waals surface area contributed by atoms with E-state index < -0.39 is 17.9 Å². The minimum absolute atomic E-state index is 0.0672. The predicted octanol–water partition coefficient (Wildman–Crippen LogP) is 2.70. The van der Waals surface area contributed by atoms with Crippen molar-refractivity contribution in [1.82, 2.24) is 15.0 Å². The van der Waals surface area contributed by atoms with Crippen LogP contribution in [0.3, 0.4) is 0 Å². The molecule has 0 radical (unpaired) electrons. The van der Waals surface area contributed by atoms with Crippen molar-refractivity contribution in [2.24, 2.45) is 10.9 Å². The van der Waals surface area contributed by atoms with Gasteiger partial charge < -0.3 is 14.0 Å². The number of urea groups is 1. The fraction of sp³-hybridized carbons (Fsp3) is 0.167. The minimum Gasteiger partial charge on any atom is -0.454 e. The second-order valence-corrected chi connectivity index (χ2v) is 6.63. The number of aromatic nitrogens is 2. The number of allylic oxidation sites excluding steroid dienone is 1. The average molecular weight is 399 g/mol. The Morgan fingerprint density at radius 3 is 2.93 bits per heavy atom. The van der Waals surface area contributed by atoms with Crippen molar-refractivity contribution in [2.45, 2.75) is 6.54 Å². The van der Waals surface area contributed by atoms with Gasteiger partial charge in [0.25, 0.3) is 0 Å². The number of fused-ring (bicyclic) bond motifs is 2. The lowest BCUT2D eigenvalue weighted by Gasteiger charge is -2.27. The second kappa shape index (κ2) is 6.31. The number of hydrogen-bond donors (Lipinski definition) is 0. The summed E-state index contributed by atoms with van der Waals surface area (Å²) in [4.78, 5) is 34.4. The third kappa shape index (κ3) is 2.76. The zero-order valence-electron chi connectivity index (χ0n) is 14.2. The second-order valence-electron chi connectivity index (χ2n) is 6.19. The predicted molar refractivity (Wildman–Crippen MR) is 94.8 cm³/mol. The molecule has 1 unspecified atom stereocenters. The summed E-state index contributed by atoms with van der Waals surface area (Å²) < 4.78 is 15.8. The van der Waals surface area contributed by atoms with Crippen molar-refractivity contribution in [3.8, 4) is 11.4 Å². The molecule has 0 N–H and O–H groups in total. The summed E-state index contributed by atoms with van der Waals surface area (Å²) in [6.07, 6.45) is 3.14. The molecule has 3 heterocycles. The highest BCUT2D eigenvalue weighted by Crippen LogP contribution is 2.31. The van der Waals surface area contributed by atoms with E-state index in [1.165, 1.54) is 0 Å². The third-order valence-corrected chi connectivity index (χ3v) is 4.65. The van der Waals surface area contributed by atoms with Crippen LogP contribution in [-0.4, -0.2) is 39.5 Å². The van der Waals surface area contributed by atoms with Crippen LogP contribution in [0.4, 0.5) is 4.79 Å². The maximum Gasteiger partial charge on any atom is 0.351 e. The molecular formula is C18H11ClN4O5. The average Bonchev–Trinajstić information content (AvgIpc) is 3.33. The van der Waals surface area contributed by atoms with Crippen LogP contribution in [-0.2, 0) is 20.8 Å². The molecule has 28 heavy (non-hydrogen) atoms. The van der Waals surface area contributed by atoms with Crippen molar-refractivity contribution in [3.05, 3.63) is 58.8 Å². The molecule has 10 heteroatoms. The Morgan fingerprint density at radius 2 is 2.07 bits per heavy atom. The molecule has 1 aromatic carbocycles. The first-order valence-corrected chi connectivity index (χ1v) is 8.68. The highest BCUT2D eigenvalue weighted by molar-refractivity contribution is 6.30. The van der Waals surface area contributed by atoms with E-state index >= 15 is 0 Å². The van der Waals surface area contributed by atoms with Gasteiger partial charge in [0, 0.05) is 16.7 Å². The van der Waals surface area contributed by atoms with Gasteiger partial charge in [-0.25, -0.2) is 4.79 Å². The fourth-order valence-electron chi connectivity index (χ4n) is 3.08. The van der Waals surface area contributed by atoms with Crippen LogP contribution in [0, 0.1) is 5.92 Å². The zero-order valence-corrected chi connectivity index (χ0v) is 14.9. The molecule has 3 aliphatic rings. The van der Waals surface area contributed by atoms with Gasteiger partial charge in [-0.05, 0) is 18.2 Å². The Bertz CT molecular complexity index is 1100. The third-order valence-electron chi connectivity index (χ3n) is 4.42. The normalized spacial score (nSPS) is 20.5. The summed E-state index contributed by atoms with van der Waals surface area (Å²) in [5.74, 6) is 0.168. The van der Waals surface area contributed by atoms with Crippen LogP contribution in [0.5, 0.6) is 0 Å². The monoisotopic (exact) mass is 398 g/mol. The van der Waals surface area contributed by atoms with E-state index in [1.54, 1.807) is 36.4 Å². The molecule has 3 amide bonds. The summed E-state index contributed by atoms with van der Waals surface area (Å²) in [5, 5.41) is 4.41. The van der Waals surface area contributed by atoms with Crippen molar-refractivity contribution in [1.29, 1.82) is 0 Å². The lowest BCUT2D eigenvalue weighted by Crippen LogP contribution is -2.46. The first-order valence-electron chi connectivity index (χ1n) is 8.30. The van der Waals surface area contributed by atoms with E-state index in [9.17, 15) is 9.59 Å². The number of ether oxygens (including phenoxy) is 2. The molecule has 2 aliphatic heterocycles. The molecule has 1 aliphatic carbocycles. The highest BCUT2D eigenvalue weighted by atomic mass is 35.5. The van der Waals surface area contributed by atoms with E-state index in [0.29, 0.717) is 33.6 Å². The number of aliphatic imine (C=N–C) groups is 1. The minimum atomic E-state index is -0.728. The first-order chi connectivity index (χ1) is 13.6. The number of halogens is 1. The van der Waals surface area contributed by atoms with Gasteiger partial charge in [-0.1, -0.05) is 28.9 Å². The summed E-state index contributed by atoms with van der Waals surface area (Å²) in [6, 6.07) is 6.24. The van der Waals surface area contributed by atoms with E-state index in [0.717, 1.165) is 4.90 Å². The Balaban J connectivity index is 1.40. The molecule has 1 atom stereocenters. The number of hydrogen-bond acceptors (Lipinski definition) is 7. The smallest absolute Gasteiger partial charge is 0.351 e. The molecule has 5 rings (SSSR count). The summed E-state index contributed by atoms with van der Waals surface area (Å²) in [5.41, 5.74) is 0.979. The van der Waals surface area contributed by atoms with Gasteiger partial charge in [-0.15, -0.1) is 0 Å². The number of benzene rings is 1. The van der Waals surface area contributed by atoms with Crippen LogP contribution in [0.25, 0.3) is 11.4 Å². The van der Waals surface area contributed by atoms with Crippen LogP contribution in [0.2, 0.25) is 5.02 Å². The maximum atomic E-state index is 12.8. The van der Waals surface area contributed by atoms with Crippen molar-refractivity contribution in [2.75, 3.05) is 6.79 Å². The Labute approximate surface area is 162 Å². The number of imide groups is 1. The van der Waals surface area contributed by atoms with E-state index in [-0.39, 0.29) is 19.2 Å². The number of amides is 3. The summed E-state index contributed by atoms with van der Waals surface area (Å²) >= 11 is 5.97. The molecule has 1 aromatic heterocycles. The molecule has 0 spiro atoms. The largest absolute Gasteiger partial charge is 0.454 e. The van der Waals surface area contributed by atoms with Gasteiger partial charge in [-0.3, -0.25) is 9.69 Å². The van der Waals surface area contributed by atoms with Crippen LogP contribution >= 0.6 is 11.6 Å².